The van der Waals surface area contributed by atoms with E-state index in [1.165, 1.54) is 33.2 Å². The number of hydrogen-bond donors (Lipinski definition) is 1. The van der Waals surface area contributed by atoms with Gasteiger partial charge in [0.05, 0.1) is 36.7 Å². The first-order valence-electron chi connectivity index (χ1n) is 23.2. The second kappa shape index (κ2) is 18.3. The van der Waals surface area contributed by atoms with E-state index in [1.807, 2.05) is 0 Å². The van der Waals surface area contributed by atoms with Crippen molar-refractivity contribution in [2.24, 2.45) is 16.7 Å². The van der Waals surface area contributed by atoms with E-state index in [0.717, 1.165) is 0 Å². The molecule has 2 saturated heterocycles. The molecule has 3 aliphatic carbocycles. The maximum absolute atomic E-state index is 15.8. The van der Waals surface area contributed by atoms with Crippen LogP contribution in [0.1, 0.15) is 102 Å². The second-order valence-electron chi connectivity index (χ2n) is 20.4. The van der Waals surface area contributed by atoms with Crippen molar-refractivity contribution in [3.05, 3.63) is 113 Å². The molecule has 2 heterocycles. The zero-order chi connectivity index (χ0) is 50.0. The van der Waals surface area contributed by atoms with Crippen molar-refractivity contribution in [2.45, 2.75) is 134 Å². The summed E-state index contributed by atoms with van der Waals surface area (Å²) in [6.45, 7) is 13.1. The quantitative estimate of drug-likeness (QED) is 0.124. The summed E-state index contributed by atoms with van der Waals surface area (Å²) in [7, 11) is 4.37. The molecule has 16 nitrogen and oxygen atoms in total. The highest BCUT2D eigenvalue weighted by molar-refractivity contribution is 5.94. The van der Waals surface area contributed by atoms with Crippen LogP contribution in [0.3, 0.4) is 0 Å². The van der Waals surface area contributed by atoms with Gasteiger partial charge in [-0.1, -0.05) is 74.5 Å². The van der Waals surface area contributed by atoms with E-state index in [-0.39, 0.29) is 25.0 Å². The Labute approximate surface area is 402 Å². The first-order valence-corrected chi connectivity index (χ1v) is 23.2. The fourth-order valence-corrected chi connectivity index (χ4v) is 11.8. The molecule has 1 unspecified atom stereocenters. The van der Waals surface area contributed by atoms with E-state index in [9.17, 15) is 19.5 Å². The number of esters is 3. The number of hydrogen-bond acceptors (Lipinski definition) is 15. The van der Waals surface area contributed by atoms with Crippen molar-refractivity contribution in [1.29, 1.82) is 0 Å². The van der Waals surface area contributed by atoms with Crippen LogP contribution in [-0.4, -0.2) is 121 Å². The molecule has 69 heavy (non-hydrogen) atoms. The summed E-state index contributed by atoms with van der Waals surface area (Å²) < 4.78 is 55.9. The van der Waals surface area contributed by atoms with Crippen LogP contribution in [0.4, 0.5) is 4.79 Å². The van der Waals surface area contributed by atoms with E-state index in [2.05, 4.69) is 0 Å². The average molecular weight is 954 g/mol. The number of carbonyl (C=O) groups is 5. The molecule has 2 bridgehead atoms. The van der Waals surface area contributed by atoms with Gasteiger partial charge in [-0.3, -0.25) is 14.5 Å². The predicted octanol–water partition coefficient (Wildman–Crippen LogP) is 7.03. The molecule has 5 aliphatic rings. The number of fused-ring (bicyclic) bond motifs is 5. The summed E-state index contributed by atoms with van der Waals surface area (Å²) in [4.78, 5) is 74.6. The third-order valence-electron chi connectivity index (χ3n) is 15.1. The number of ether oxygens (including phenoxy) is 9. The molecule has 370 valence electrons. The van der Waals surface area contributed by atoms with Crippen molar-refractivity contribution in [2.75, 3.05) is 27.9 Å². The maximum atomic E-state index is 15.8. The Kier molecular flexibility index (Phi) is 13.2. The zero-order valence-corrected chi connectivity index (χ0v) is 41.0. The zero-order valence-electron chi connectivity index (χ0n) is 41.0. The predicted molar refractivity (Wildman–Crippen MR) is 246 cm³/mol. The largest absolute Gasteiger partial charge is 0.497 e. The Hall–Kier alpha value is -5.65. The van der Waals surface area contributed by atoms with E-state index in [4.69, 9.17) is 42.6 Å². The SMILES string of the molecule is COc1ccc(C2O[C@H](C(=O)O[C@H]3C[C@@]4(O)[C@@H](OC(=O)c5ccccc5)[C@@H]5[C@]6(OC(C)=O)CO[C@@H]6C[C@H](OC)[C@@]5(C)C(=O)[C@H](OC)C(=C3C)C4(C)C)[C@H](c3ccccc3)N2C(=O)OC(C)(C)C)cc1. The Morgan fingerprint density at radius 1 is 0.841 bits per heavy atom. The number of nitrogens with zero attached hydrogens (tertiary/aromatic N) is 1. The summed E-state index contributed by atoms with van der Waals surface area (Å²) in [5.74, 6) is -3.65. The Bertz CT molecular complexity index is 2490. The minimum atomic E-state index is -2.22. The van der Waals surface area contributed by atoms with Crippen LogP contribution in [-0.2, 0) is 52.3 Å². The number of ketones is 1. The standard InChI is InChI=1S/C53H63NO15/c1-29-35(65-47(58)41-39(31-18-14-12-15-19-31)54(48(59)69-49(3,4)5)45(66-41)32-22-24-34(61-9)25-23-32)27-53(60)44(67-46(57)33-20-16-13-17-21-33)42-51(8,43(56)40(63-11)38(29)50(53,6)7)36(62-10)26-37-52(42,28-64-37)68-30(2)55/h12-25,35-37,39-42,44-45,60H,26-28H2,1-11H3/t35-,36-,37+,39-,40+,41-,42-,44-,45?,51+,52-,53+/m0/s1. The van der Waals surface area contributed by atoms with Gasteiger partial charge < -0.3 is 47.7 Å². The minimum absolute atomic E-state index is 0.125. The van der Waals surface area contributed by atoms with Gasteiger partial charge in [0.1, 0.15) is 47.4 Å². The number of benzene rings is 3. The third kappa shape index (κ3) is 8.21. The maximum Gasteiger partial charge on any atom is 0.413 e. The van der Waals surface area contributed by atoms with Crippen molar-refractivity contribution in [3.63, 3.8) is 0 Å². The highest BCUT2D eigenvalue weighted by Gasteiger charge is 2.78. The lowest BCUT2D eigenvalue weighted by molar-refractivity contribution is -0.347. The van der Waals surface area contributed by atoms with Crippen LogP contribution in [0.15, 0.2) is 96.1 Å². The molecule has 0 aromatic heterocycles. The van der Waals surface area contributed by atoms with Crippen molar-refractivity contribution in [3.8, 4) is 5.75 Å². The van der Waals surface area contributed by atoms with Crippen molar-refractivity contribution < 1.29 is 71.7 Å². The highest BCUT2D eigenvalue weighted by atomic mass is 16.6. The van der Waals surface area contributed by atoms with E-state index >= 15 is 9.59 Å². The molecule has 0 spiro atoms. The van der Waals surface area contributed by atoms with Gasteiger partial charge >= 0.3 is 24.0 Å². The normalized spacial score (nSPS) is 33.7. The highest BCUT2D eigenvalue weighted by Crippen LogP contribution is 2.65. The van der Waals surface area contributed by atoms with Crippen molar-refractivity contribution >= 4 is 29.8 Å². The van der Waals surface area contributed by atoms with Crippen LogP contribution >= 0.6 is 0 Å². The Morgan fingerprint density at radius 2 is 1.48 bits per heavy atom. The van der Waals surface area contributed by atoms with Gasteiger partial charge in [0.15, 0.2) is 23.7 Å². The number of rotatable bonds is 10. The van der Waals surface area contributed by atoms with Crippen LogP contribution in [0.25, 0.3) is 0 Å². The number of methoxy groups -OCH3 is 3. The first kappa shape index (κ1) is 49.8. The topological polar surface area (TPSA) is 192 Å². The molecule has 2 aliphatic heterocycles. The minimum Gasteiger partial charge on any atom is -0.497 e. The number of Topliss-reactive ketones (excluding diaryl/α,β-unsaturated/α-hetero) is 1. The van der Waals surface area contributed by atoms with Gasteiger partial charge in [-0.25, -0.2) is 14.4 Å². The van der Waals surface area contributed by atoms with Gasteiger partial charge in [0, 0.05) is 45.0 Å². The summed E-state index contributed by atoms with van der Waals surface area (Å²) in [6, 6.07) is 22.9. The lowest BCUT2D eigenvalue weighted by atomic mass is 9.44. The van der Waals surface area contributed by atoms with Crippen LogP contribution < -0.4 is 4.74 Å². The van der Waals surface area contributed by atoms with E-state index in [0.29, 0.717) is 28.0 Å². The fourth-order valence-electron chi connectivity index (χ4n) is 11.8. The first-order chi connectivity index (χ1) is 32.6. The van der Waals surface area contributed by atoms with Gasteiger partial charge in [-0.2, -0.15) is 0 Å². The molecule has 1 amide bonds. The molecular formula is C53H63NO15. The molecule has 4 fully saturated rings. The molecule has 0 radical (unpaired) electrons. The lowest BCUT2D eigenvalue weighted by Crippen LogP contribution is -2.82. The van der Waals surface area contributed by atoms with Crippen molar-refractivity contribution in [1.82, 2.24) is 4.90 Å². The second-order valence-corrected chi connectivity index (χ2v) is 20.4. The monoisotopic (exact) mass is 953 g/mol. The summed E-state index contributed by atoms with van der Waals surface area (Å²) in [5.41, 5.74) is -5.96. The van der Waals surface area contributed by atoms with Crippen LogP contribution in [0.5, 0.6) is 5.75 Å². The molecule has 3 aromatic carbocycles. The van der Waals surface area contributed by atoms with Gasteiger partial charge in [-0.15, -0.1) is 0 Å². The molecule has 3 aromatic rings. The number of amides is 1. The van der Waals surface area contributed by atoms with Gasteiger partial charge in [0.25, 0.3) is 0 Å². The molecule has 1 N–H and O–H groups in total. The van der Waals surface area contributed by atoms with Crippen LogP contribution in [0, 0.1) is 16.7 Å². The third-order valence-corrected chi connectivity index (χ3v) is 15.1. The lowest BCUT2D eigenvalue weighted by Gasteiger charge is -2.67. The summed E-state index contributed by atoms with van der Waals surface area (Å²) in [6.07, 6.45) is -9.71. The summed E-state index contributed by atoms with van der Waals surface area (Å²) >= 11 is 0. The van der Waals surface area contributed by atoms with E-state index < -0.39 is 112 Å². The molecule has 8 rings (SSSR count). The van der Waals surface area contributed by atoms with E-state index in [1.54, 1.807) is 133 Å². The average Bonchev–Trinajstić information content (AvgIpc) is 3.72. The number of aliphatic hydroxyl groups is 1. The Morgan fingerprint density at radius 3 is 2.03 bits per heavy atom. The number of carbonyl (C=O) groups excluding carboxylic acids is 5. The molecular weight excluding hydrogens is 891 g/mol. The van der Waals surface area contributed by atoms with Crippen LogP contribution in [0.2, 0.25) is 0 Å². The smallest absolute Gasteiger partial charge is 0.413 e. The summed E-state index contributed by atoms with van der Waals surface area (Å²) in [5, 5.41) is 14.0. The van der Waals surface area contributed by atoms with Gasteiger partial charge in [0.2, 0.25) is 0 Å². The molecule has 12 atom stereocenters. The molecule has 16 heteroatoms. The Balaban J connectivity index is 1.29. The fraction of sp³-hybridized carbons (Fsp3) is 0.528. The molecule has 2 saturated carbocycles. The van der Waals surface area contributed by atoms with Gasteiger partial charge in [-0.05, 0) is 75.6 Å².